The van der Waals surface area contributed by atoms with Gasteiger partial charge in [0.2, 0.25) is 0 Å². The molecule has 1 aromatic rings. The van der Waals surface area contributed by atoms with Gasteiger partial charge in [0.1, 0.15) is 12.0 Å². The van der Waals surface area contributed by atoms with E-state index in [1.807, 2.05) is 0 Å². The summed E-state index contributed by atoms with van der Waals surface area (Å²) < 4.78 is 0. The number of hydrogen-bond acceptors (Lipinski definition) is 5. The smallest absolute Gasteiger partial charge is 0.157 e. The molecule has 2 bridgehead atoms. The minimum absolute atomic E-state index is 0.360. The number of rotatable bonds is 1. The number of hydrogen-bond donors (Lipinski definition) is 2. The fourth-order valence-electron chi connectivity index (χ4n) is 4.34. The van der Waals surface area contributed by atoms with E-state index in [1.54, 1.807) is 0 Å². The molecule has 1 aromatic heterocycles. The Bertz CT molecular complexity index is 513. The Morgan fingerprint density at radius 2 is 1.95 bits per heavy atom. The maximum absolute atomic E-state index is 6.06. The molecule has 2 unspecified atom stereocenters. The van der Waals surface area contributed by atoms with Crippen molar-refractivity contribution in [2.45, 2.75) is 46.1 Å². The van der Waals surface area contributed by atoms with Crippen LogP contribution in [0, 0.1) is 10.8 Å². The molecule has 5 heteroatoms. The lowest BCUT2D eigenvalue weighted by atomic mass is 9.65. The van der Waals surface area contributed by atoms with Gasteiger partial charge in [0.15, 0.2) is 11.6 Å². The zero-order valence-electron chi connectivity index (χ0n) is 12.0. The van der Waals surface area contributed by atoms with E-state index in [1.165, 1.54) is 25.6 Å². The monoisotopic (exact) mass is 261 g/mol. The van der Waals surface area contributed by atoms with Crippen molar-refractivity contribution >= 4 is 17.3 Å². The van der Waals surface area contributed by atoms with E-state index in [2.05, 4.69) is 35.6 Å². The summed E-state index contributed by atoms with van der Waals surface area (Å²) >= 11 is 0. The van der Waals surface area contributed by atoms with Gasteiger partial charge in [0.25, 0.3) is 0 Å². The van der Waals surface area contributed by atoms with Gasteiger partial charge in [-0.25, -0.2) is 9.97 Å². The molecule has 5 nitrogen and oxygen atoms in total. The lowest BCUT2D eigenvalue weighted by molar-refractivity contribution is 0.136. The fourth-order valence-corrected chi connectivity index (χ4v) is 4.34. The van der Waals surface area contributed by atoms with E-state index in [-0.39, 0.29) is 0 Å². The van der Waals surface area contributed by atoms with Gasteiger partial charge < -0.3 is 16.4 Å². The van der Waals surface area contributed by atoms with E-state index >= 15 is 0 Å². The number of nitrogen functional groups attached to an aromatic ring is 2. The van der Waals surface area contributed by atoms with Crippen LogP contribution >= 0.6 is 0 Å². The molecular weight excluding hydrogens is 238 g/mol. The number of nitrogens with zero attached hydrogens (tertiary/aromatic N) is 3. The van der Waals surface area contributed by atoms with Crippen molar-refractivity contribution in [3.8, 4) is 0 Å². The predicted molar refractivity (Wildman–Crippen MR) is 77.7 cm³/mol. The summed E-state index contributed by atoms with van der Waals surface area (Å²) in [5.74, 6) is 1.20. The van der Waals surface area contributed by atoms with Gasteiger partial charge in [-0.1, -0.05) is 20.8 Å². The van der Waals surface area contributed by atoms with Crippen LogP contribution in [0.15, 0.2) is 6.33 Å². The third kappa shape index (κ3) is 2.01. The van der Waals surface area contributed by atoms with E-state index in [9.17, 15) is 0 Å². The summed E-state index contributed by atoms with van der Waals surface area (Å²) in [7, 11) is 0. The molecule has 0 aromatic carbocycles. The normalized spacial score (nSPS) is 32.6. The Morgan fingerprint density at radius 1 is 1.21 bits per heavy atom. The van der Waals surface area contributed by atoms with Gasteiger partial charge in [-0.2, -0.15) is 0 Å². The van der Waals surface area contributed by atoms with Crippen LogP contribution in [0.2, 0.25) is 0 Å². The summed E-state index contributed by atoms with van der Waals surface area (Å²) in [6, 6.07) is 0.519. The lowest BCUT2D eigenvalue weighted by Crippen LogP contribution is -2.35. The van der Waals surface area contributed by atoms with Crippen molar-refractivity contribution in [3.05, 3.63) is 6.33 Å². The molecule has 1 aliphatic heterocycles. The first kappa shape index (κ1) is 12.5. The summed E-state index contributed by atoms with van der Waals surface area (Å²) in [6.45, 7) is 8.11. The van der Waals surface area contributed by atoms with Crippen molar-refractivity contribution in [3.63, 3.8) is 0 Å². The molecule has 19 heavy (non-hydrogen) atoms. The van der Waals surface area contributed by atoms with Gasteiger partial charge in [-0.3, -0.25) is 0 Å². The summed E-state index contributed by atoms with van der Waals surface area (Å²) in [4.78, 5) is 10.7. The molecule has 0 radical (unpaired) electrons. The molecule has 3 rings (SSSR count). The second kappa shape index (κ2) is 3.74. The number of fused-ring (bicyclic) bond motifs is 2. The molecule has 2 fully saturated rings. The van der Waals surface area contributed by atoms with Crippen LogP contribution in [0.3, 0.4) is 0 Å². The van der Waals surface area contributed by atoms with Gasteiger partial charge >= 0.3 is 0 Å². The minimum atomic E-state index is 0.360. The SMILES string of the molecule is CC1(C)CC2CC(C)(CN2c2ncnc(N)c2N)C1. The Balaban J connectivity index is 1.98. The van der Waals surface area contributed by atoms with Gasteiger partial charge in [0, 0.05) is 12.6 Å². The molecule has 1 saturated carbocycles. The van der Waals surface area contributed by atoms with Crippen LogP contribution in [0.25, 0.3) is 0 Å². The Morgan fingerprint density at radius 3 is 2.68 bits per heavy atom. The molecule has 4 N–H and O–H groups in total. The fraction of sp³-hybridized carbons (Fsp3) is 0.714. The summed E-state index contributed by atoms with van der Waals surface area (Å²) in [6.07, 6.45) is 5.18. The van der Waals surface area contributed by atoms with Gasteiger partial charge in [-0.15, -0.1) is 0 Å². The zero-order chi connectivity index (χ0) is 13.8. The third-order valence-corrected chi connectivity index (χ3v) is 4.58. The van der Waals surface area contributed by atoms with E-state index in [0.29, 0.717) is 28.4 Å². The molecule has 1 aliphatic carbocycles. The second-order valence-corrected chi connectivity index (χ2v) is 7.34. The van der Waals surface area contributed by atoms with Crippen LogP contribution in [0.1, 0.15) is 40.0 Å². The molecule has 1 saturated heterocycles. The van der Waals surface area contributed by atoms with Crippen LogP contribution in [-0.4, -0.2) is 22.6 Å². The van der Waals surface area contributed by atoms with Crippen molar-refractivity contribution < 1.29 is 0 Å². The summed E-state index contributed by atoms with van der Waals surface area (Å²) in [5, 5.41) is 0. The maximum Gasteiger partial charge on any atom is 0.157 e. The first-order valence-corrected chi connectivity index (χ1v) is 6.92. The van der Waals surface area contributed by atoms with Crippen molar-refractivity contribution in [2.75, 3.05) is 22.9 Å². The predicted octanol–water partition coefficient (Wildman–Crippen LogP) is 2.05. The van der Waals surface area contributed by atoms with Crippen LogP contribution < -0.4 is 16.4 Å². The minimum Gasteiger partial charge on any atom is -0.393 e. The first-order valence-electron chi connectivity index (χ1n) is 6.92. The van der Waals surface area contributed by atoms with Crippen molar-refractivity contribution in [1.82, 2.24) is 9.97 Å². The average molecular weight is 261 g/mol. The number of anilines is 3. The second-order valence-electron chi connectivity index (χ2n) is 7.34. The summed E-state index contributed by atoms with van der Waals surface area (Å²) in [5.41, 5.74) is 13.1. The third-order valence-electron chi connectivity index (χ3n) is 4.58. The topological polar surface area (TPSA) is 81.1 Å². The first-order chi connectivity index (χ1) is 8.80. The molecule has 104 valence electrons. The Labute approximate surface area is 114 Å². The van der Waals surface area contributed by atoms with E-state index < -0.39 is 0 Å². The Hall–Kier alpha value is -1.52. The highest BCUT2D eigenvalue weighted by Crippen LogP contribution is 2.53. The standard InChI is InChI=1S/C14H23N5/c1-13(2)4-9-5-14(3,6-13)7-19(9)12-10(15)11(16)17-8-18-12/h8-9H,4-7,15H2,1-3H3,(H2,16,17,18). The quantitative estimate of drug-likeness (QED) is 0.808. The molecule has 2 heterocycles. The van der Waals surface area contributed by atoms with Crippen molar-refractivity contribution in [1.29, 1.82) is 0 Å². The highest BCUT2D eigenvalue weighted by Gasteiger charge is 2.50. The van der Waals surface area contributed by atoms with Crippen LogP contribution in [0.5, 0.6) is 0 Å². The van der Waals surface area contributed by atoms with Gasteiger partial charge in [-0.05, 0) is 30.1 Å². The highest BCUT2D eigenvalue weighted by atomic mass is 15.3. The molecule has 0 spiro atoms. The van der Waals surface area contributed by atoms with Crippen molar-refractivity contribution in [2.24, 2.45) is 10.8 Å². The van der Waals surface area contributed by atoms with E-state index in [0.717, 1.165) is 12.4 Å². The molecular formula is C14H23N5. The molecule has 0 amide bonds. The van der Waals surface area contributed by atoms with Crippen LogP contribution in [-0.2, 0) is 0 Å². The number of aromatic nitrogens is 2. The zero-order valence-corrected chi connectivity index (χ0v) is 12.0. The van der Waals surface area contributed by atoms with Gasteiger partial charge in [0.05, 0.1) is 0 Å². The molecule has 2 aliphatic rings. The lowest BCUT2D eigenvalue weighted by Gasteiger charge is -2.39. The average Bonchev–Trinajstić information content (AvgIpc) is 2.52. The van der Waals surface area contributed by atoms with Crippen LogP contribution in [0.4, 0.5) is 17.3 Å². The van der Waals surface area contributed by atoms with E-state index in [4.69, 9.17) is 11.5 Å². The largest absolute Gasteiger partial charge is 0.393 e. The highest BCUT2D eigenvalue weighted by molar-refractivity contribution is 5.73. The maximum atomic E-state index is 6.06. The number of nitrogens with two attached hydrogens (primary N) is 2. The molecule has 2 atom stereocenters. The Kier molecular flexibility index (Phi) is 2.46.